The van der Waals surface area contributed by atoms with E-state index in [2.05, 4.69) is 10.6 Å². The van der Waals surface area contributed by atoms with Gasteiger partial charge in [0, 0.05) is 4.70 Å². The molecule has 0 bridgehead atoms. The molecule has 1 aliphatic heterocycles. The van der Waals surface area contributed by atoms with Gasteiger partial charge < -0.3 is 20.5 Å². The molecule has 2 unspecified atom stereocenters. The molecule has 29 heavy (non-hydrogen) atoms. The van der Waals surface area contributed by atoms with Gasteiger partial charge in [-0.3, -0.25) is 9.59 Å². The number of aliphatic hydroxyl groups is 1. The Bertz CT molecular complexity index is 844. The van der Waals surface area contributed by atoms with Crippen LogP contribution in [0.4, 0.5) is 0 Å². The largest absolute Gasteiger partial charge is 0.389 e. The molecule has 156 valence electrons. The van der Waals surface area contributed by atoms with Crippen molar-refractivity contribution in [2.45, 2.75) is 44.9 Å². The summed E-state index contributed by atoms with van der Waals surface area (Å²) >= 11 is 1.41. The van der Waals surface area contributed by atoms with Crippen molar-refractivity contribution >= 4 is 33.2 Å². The predicted molar refractivity (Wildman–Crippen MR) is 115 cm³/mol. The van der Waals surface area contributed by atoms with Crippen LogP contribution in [-0.2, 0) is 9.53 Å². The number of carbonyl (C=O) groups is 2. The van der Waals surface area contributed by atoms with Gasteiger partial charge in [0.2, 0.25) is 5.91 Å². The molecule has 0 saturated heterocycles. The summed E-state index contributed by atoms with van der Waals surface area (Å²) in [5, 5.41) is 17.1. The second-order valence-corrected chi connectivity index (χ2v) is 8.81. The van der Waals surface area contributed by atoms with E-state index in [0.29, 0.717) is 24.3 Å². The van der Waals surface area contributed by atoms with Crippen molar-refractivity contribution in [1.82, 2.24) is 10.6 Å². The fourth-order valence-corrected chi connectivity index (χ4v) is 4.27. The van der Waals surface area contributed by atoms with Gasteiger partial charge in [0.1, 0.15) is 6.04 Å². The Hall–Kier alpha value is -2.22. The number of thiophene rings is 1. The molecule has 2 aromatic rings. The maximum absolute atomic E-state index is 12.9. The van der Waals surface area contributed by atoms with Crippen LogP contribution in [0.25, 0.3) is 10.1 Å². The second-order valence-electron chi connectivity index (χ2n) is 7.73. The quantitative estimate of drug-likeness (QED) is 0.632. The van der Waals surface area contributed by atoms with E-state index in [1.807, 2.05) is 56.3 Å². The Morgan fingerprint density at radius 1 is 1.28 bits per heavy atom. The van der Waals surface area contributed by atoms with Crippen LogP contribution in [0.1, 0.15) is 36.4 Å². The highest BCUT2D eigenvalue weighted by molar-refractivity contribution is 7.20. The molecule has 3 atom stereocenters. The van der Waals surface area contributed by atoms with Crippen LogP contribution in [0, 0.1) is 5.92 Å². The SMILES string of the molecule is CC(C)C[C@H](NC(=O)c1cc2ccccc2s1)C(=O)NC1CC=CCOCC1O. The lowest BCUT2D eigenvalue weighted by molar-refractivity contribution is -0.125. The van der Waals surface area contributed by atoms with E-state index in [4.69, 9.17) is 4.74 Å². The van der Waals surface area contributed by atoms with Gasteiger partial charge in [-0.2, -0.15) is 0 Å². The van der Waals surface area contributed by atoms with Gasteiger partial charge in [0.15, 0.2) is 0 Å². The average Bonchev–Trinajstić information content (AvgIpc) is 3.11. The fraction of sp³-hybridized carbons (Fsp3) is 0.455. The van der Waals surface area contributed by atoms with E-state index in [1.165, 1.54) is 11.3 Å². The summed E-state index contributed by atoms with van der Waals surface area (Å²) in [6, 6.07) is 8.54. The van der Waals surface area contributed by atoms with Gasteiger partial charge in [-0.05, 0) is 36.3 Å². The number of ether oxygens (including phenoxy) is 1. The molecule has 1 aliphatic rings. The Kier molecular flexibility index (Phi) is 7.41. The molecule has 0 aliphatic carbocycles. The van der Waals surface area contributed by atoms with Crippen molar-refractivity contribution < 1.29 is 19.4 Å². The molecule has 0 saturated carbocycles. The third-order valence-corrected chi connectivity index (χ3v) is 5.94. The topological polar surface area (TPSA) is 87.7 Å². The minimum Gasteiger partial charge on any atom is -0.389 e. The van der Waals surface area contributed by atoms with Gasteiger partial charge in [0.25, 0.3) is 5.91 Å². The van der Waals surface area contributed by atoms with Crippen LogP contribution < -0.4 is 10.6 Å². The molecule has 7 heteroatoms. The number of fused-ring (bicyclic) bond motifs is 1. The smallest absolute Gasteiger partial charge is 0.262 e. The monoisotopic (exact) mass is 416 g/mol. The van der Waals surface area contributed by atoms with E-state index >= 15 is 0 Å². The summed E-state index contributed by atoms with van der Waals surface area (Å²) in [6.07, 6.45) is 4.01. The van der Waals surface area contributed by atoms with E-state index in [9.17, 15) is 14.7 Å². The van der Waals surface area contributed by atoms with Gasteiger partial charge in [-0.1, -0.05) is 44.2 Å². The van der Waals surface area contributed by atoms with Crippen molar-refractivity contribution in [2.75, 3.05) is 13.2 Å². The molecule has 0 spiro atoms. The van der Waals surface area contributed by atoms with Crippen molar-refractivity contribution in [3.8, 4) is 0 Å². The Morgan fingerprint density at radius 3 is 2.83 bits per heavy atom. The number of amides is 2. The molecule has 3 N–H and O–H groups in total. The molecule has 0 radical (unpaired) electrons. The number of rotatable bonds is 6. The molecule has 2 amide bonds. The van der Waals surface area contributed by atoms with Crippen molar-refractivity contribution in [1.29, 1.82) is 0 Å². The molecule has 0 fully saturated rings. The van der Waals surface area contributed by atoms with E-state index in [1.54, 1.807) is 0 Å². The minimum atomic E-state index is -0.790. The first-order chi connectivity index (χ1) is 13.9. The van der Waals surface area contributed by atoms with Crippen LogP contribution in [-0.4, -0.2) is 48.3 Å². The number of hydrogen-bond acceptors (Lipinski definition) is 5. The lowest BCUT2D eigenvalue weighted by atomic mass is 10.0. The standard InChI is InChI=1S/C22H28N2O4S/c1-14(2)11-17(21(26)23-16-8-5-6-10-28-13-18(16)25)24-22(27)20-12-15-7-3-4-9-19(15)29-20/h3-7,9,12,14,16-18,25H,8,10-11,13H2,1-2H3,(H,23,26)(H,24,27)/t16?,17-,18?/m0/s1. The van der Waals surface area contributed by atoms with Gasteiger partial charge >= 0.3 is 0 Å². The molecule has 1 aromatic carbocycles. The highest BCUT2D eigenvalue weighted by Gasteiger charge is 2.28. The molecule has 1 aromatic heterocycles. The summed E-state index contributed by atoms with van der Waals surface area (Å²) in [7, 11) is 0. The highest BCUT2D eigenvalue weighted by Crippen LogP contribution is 2.25. The maximum atomic E-state index is 12.9. The number of hydrogen-bond donors (Lipinski definition) is 3. The number of carbonyl (C=O) groups excluding carboxylic acids is 2. The third-order valence-electron chi connectivity index (χ3n) is 4.83. The minimum absolute atomic E-state index is 0.165. The molecular formula is C22H28N2O4S. The lowest BCUT2D eigenvalue weighted by Gasteiger charge is -2.27. The maximum Gasteiger partial charge on any atom is 0.262 e. The number of benzene rings is 1. The Morgan fingerprint density at radius 2 is 2.07 bits per heavy atom. The van der Waals surface area contributed by atoms with Crippen LogP contribution in [0.5, 0.6) is 0 Å². The van der Waals surface area contributed by atoms with E-state index < -0.39 is 18.2 Å². The fourth-order valence-electron chi connectivity index (χ4n) is 3.31. The summed E-state index contributed by atoms with van der Waals surface area (Å²) in [5.74, 6) is -0.321. The van der Waals surface area contributed by atoms with Crippen molar-refractivity contribution in [3.63, 3.8) is 0 Å². The first kappa shape index (κ1) is 21.5. The van der Waals surface area contributed by atoms with Crippen molar-refractivity contribution in [3.05, 3.63) is 47.4 Å². The molecular weight excluding hydrogens is 388 g/mol. The third kappa shape index (κ3) is 5.88. The van der Waals surface area contributed by atoms with Gasteiger partial charge in [0.05, 0.1) is 30.2 Å². The van der Waals surface area contributed by atoms with Crippen LogP contribution in [0.15, 0.2) is 42.5 Å². The van der Waals surface area contributed by atoms with Gasteiger partial charge in [-0.25, -0.2) is 0 Å². The van der Waals surface area contributed by atoms with Crippen molar-refractivity contribution in [2.24, 2.45) is 5.92 Å². The van der Waals surface area contributed by atoms with E-state index in [0.717, 1.165) is 10.1 Å². The highest BCUT2D eigenvalue weighted by atomic mass is 32.1. The van der Waals surface area contributed by atoms with Crippen LogP contribution in [0.2, 0.25) is 0 Å². The van der Waals surface area contributed by atoms with Gasteiger partial charge in [-0.15, -0.1) is 11.3 Å². The summed E-state index contributed by atoms with van der Waals surface area (Å²) in [6.45, 7) is 4.64. The second kappa shape index (κ2) is 10.0. The van der Waals surface area contributed by atoms with Crippen LogP contribution >= 0.6 is 11.3 Å². The Balaban J connectivity index is 1.70. The summed E-state index contributed by atoms with van der Waals surface area (Å²) in [5.41, 5.74) is 0. The zero-order valence-corrected chi connectivity index (χ0v) is 17.6. The van der Waals surface area contributed by atoms with Crippen LogP contribution in [0.3, 0.4) is 0 Å². The summed E-state index contributed by atoms with van der Waals surface area (Å²) < 4.78 is 6.35. The molecule has 2 heterocycles. The lowest BCUT2D eigenvalue weighted by Crippen LogP contribution is -2.53. The zero-order valence-electron chi connectivity index (χ0n) is 16.8. The number of nitrogens with one attached hydrogen (secondary N) is 2. The number of aliphatic hydroxyl groups excluding tert-OH is 1. The predicted octanol–water partition coefficient (Wildman–Crippen LogP) is 2.87. The average molecular weight is 417 g/mol. The zero-order chi connectivity index (χ0) is 20.8. The molecule has 6 nitrogen and oxygen atoms in total. The Labute approximate surface area is 174 Å². The molecule has 3 rings (SSSR count). The first-order valence-corrected chi connectivity index (χ1v) is 10.8. The van der Waals surface area contributed by atoms with E-state index in [-0.39, 0.29) is 24.3 Å². The summed E-state index contributed by atoms with van der Waals surface area (Å²) in [4.78, 5) is 26.3. The normalized spacial score (nSPS) is 20.8. The first-order valence-electron chi connectivity index (χ1n) is 9.94.